The fourth-order valence-electron chi connectivity index (χ4n) is 5.21. The Morgan fingerprint density at radius 2 is 1.50 bits per heavy atom. The molecule has 1 amide bonds. The standard InChI is InChI=1S/C31H36N4O/c1-23-10-13-27(14-11-23)30-20-29(28-19-24(2)9-12-25(28)3)32-35(30)31(36)22-34-17-15-33(16-18-34)21-26-7-5-4-6-8-26/h4-14,19,30H,15-18,20-22H2,1-3H3/t30-/m1/s1. The second-order valence-corrected chi connectivity index (χ2v) is 10.3. The van der Waals surface area contributed by atoms with Gasteiger partial charge in [0.15, 0.2) is 0 Å². The molecule has 2 heterocycles. The predicted molar refractivity (Wildman–Crippen MR) is 146 cm³/mol. The first kappa shape index (κ1) is 24.4. The Bertz CT molecular complexity index is 1230. The van der Waals surface area contributed by atoms with Gasteiger partial charge in [-0.15, -0.1) is 0 Å². The van der Waals surface area contributed by atoms with Gasteiger partial charge in [-0.3, -0.25) is 14.6 Å². The largest absolute Gasteiger partial charge is 0.297 e. The van der Waals surface area contributed by atoms with Gasteiger partial charge in [0, 0.05) is 44.7 Å². The maximum absolute atomic E-state index is 13.6. The topological polar surface area (TPSA) is 39.2 Å². The van der Waals surface area contributed by atoms with E-state index in [2.05, 4.69) is 103 Å². The van der Waals surface area contributed by atoms with E-state index in [9.17, 15) is 4.79 Å². The molecule has 1 fully saturated rings. The van der Waals surface area contributed by atoms with Crippen molar-refractivity contribution < 1.29 is 4.79 Å². The van der Waals surface area contributed by atoms with E-state index in [0.717, 1.165) is 56.0 Å². The Morgan fingerprint density at radius 3 is 2.22 bits per heavy atom. The first-order chi connectivity index (χ1) is 17.5. The maximum atomic E-state index is 13.6. The molecule has 5 heteroatoms. The molecule has 0 radical (unpaired) electrons. The van der Waals surface area contributed by atoms with Crippen molar-refractivity contribution in [1.29, 1.82) is 0 Å². The molecule has 0 N–H and O–H groups in total. The average molecular weight is 481 g/mol. The summed E-state index contributed by atoms with van der Waals surface area (Å²) in [7, 11) is 0. The number of hydrazone groups is 1. The highest BCUT2D eigenvalue weighted by Crippen LogP contribution is 2.34. The normalized spacial score (nSPS) is 18.9. The van der Waals surface area contributed by atoms with Crippen molar-refractivity contribution in [1.82, 2.24) is 14.8 Å². The molecule has 0 aliphatic carbocycles. The van der Waals surface area contributed by atoms with Gasteiger partial charge >= 0.3 is 0 Å². The van der Waals surface area contributed by atoms with Crippen molar-refractivity contribution in [3.05, 3.63) is 106 Å². The number of carbonyl (C=O) groups is 1. The highest BCUT2D eigenvalue weighted by Gasteiger charge is 2.34. The van der Waals surface area contributed by atoms with E-state index in [-0.39, 0.29) is 11.9 Å². The van der Waals surface area contributed by atoms with Crippen molar-refractivity contribution in [3.63, 3.8) is 0 Å². The summed E-state index contributed by atoms with van der Waals surface area (Å²) >= 11 is 0. The fraction of sp³-hybridized carbons (Fsp3) is 0.355. The van der Waals surface area contributed by atoms with E-state index in [1.807, 2.05) is 0 Å². The lowest BCUT2D eigenvalue weighted by molar-refractivity contribution is -0.134. The molecular formula is C31H36N4O. The third kappa shape index (κ3) is 5.58. The molecule has 0 saturated carbocycles. The number of rotatable bonds is 6. The summed E-state index contributed by atoms with van der Waals surface area (Å²) in [6, 6.07) is 25.6. The van der Waals surface area contributed by atoms with Gasteiger partial charge in [0.25, 0.3) is 5.91 Å². The van der Waals surface area contributed by atoms with Gasteiger partial charge in [-0.1, -0.05) is 77.9 Å². The van der Waals surface area contributed by atoms with Crippen molar-refractivity contribution in [2.75, 3.05) is 32.7 Å². The zero-order chi connectivity index (χ0) is 25.1. The lowest BCUT2D eigenvalue weighted by Gasteiger charge is -2.35. The van der Waals surface area contributed by atoms with Crippen LogP contribution in [0.15, 0.2) is 77.9 Å². The molecule has 3 aromatic rings. The van der Waals surface area contributed by atoms with Crippen LogP contribution in [0, 0.1) is 20.8 Å². The van der Waals surface area contributed by atoms with Crippen LogP contribution in [0.4, 0.5) is 0 Å². The third-order valence-corrected chi connectivity index (χ3v) is 7.40. The molecule has 0 bridgehead atoms. The molecule has 186 valence electrons. The molecule has 1 atom stereocenters. The molecule has 5 nitrogen and oxygen atoms in total. The third-order valence-electron chi connectivity index (χ3n) is 7.40. The van der Waals surface area contributed by atoms with Crippen LogP contribution in [-0.4, -0.2) is 59.2 Å². The minimum atomic E-state index is -0.0626. The summed E-state index contributed by atoms with van der Waals surface area (Å²) in [4.78, 5) is 18.4. The zero-order valence-electron chi connectivity index (χ0n) is 21.7. The Labute approximate surface area is 215 Å². The smallest absolute Gasteiger partial charge is 0.257 e. The monoisotopic (exact) mass is 480 g/mol. The van der Waals surface area contributed by atoms with Crippen LogP contribution >= 0.6 is 0 Å². The molecule has 0 spiro atoms. The molecule has 36 heavy (non-hydrogen) atoms. The van der Waals surface area contributed by atoms with Crippen molar-refractivity contribution >= 4 is 11.6 Å². The van der Waals surface area contributed by atoms with E-state index < -0.39 is 0 Å². The number of hydrogen-bond donors (Lipinski definition) is 0. The lowest BCUT2D eigenvalue weighted by atomic mass is 9.94. The van der Waals surface area contributed by atoms with E-state index in [4.69, 9.17) is 5.10 Å². The molecule has 3 aromatic carbocycles. The van der Waals surface area contributed by atoms with Crippen LogP contribution in [0.3, 0.4) is 0 Å². The number of nitrogens with zero attached hydrogens (tertiary/aromatic N) is 4. The maximum Gasteiger partial charge on any atom is 0.257 e. The van der Waals surface area contributed by atoms with E-state index in [1.54, 1.807) is 5.01 Å². The second kappa shape index (κ2) is 10.8. The summed E-state index contributed by atoms with van der Waals surface area (Å²) in [5.41, 5.74) is 8.27. The number of piperazine rings is 1. The summed E-state index contributed by atoms with van der Waals surface area (Å²) in [5, 5.41) is 6.70. The lowest BCUT2D eigenvalue weighted by Crippen LogP contribution is -2.49. The Kier molecular flexibility index (Phi) is 7.30. The van der Waals surface area contributed by atoms with Gasteiger partial charge in [-0.05, 0) is 43.5 Å². The van der Waals surface area contributed by atoms with Crippen LogP contribution in [-0.2, 0) is 11.3 Å². The van der Waals surface area contributed by atoms with Gasteiger partial charge < -0.3 is 0 Å². The first-order valence-corrected chi connectivity index (χ1v) is 13.0. The van der Waals surface area contributed by atoms with Gasteiger partial charge in [-0.2, -0.15) is 5.10 Å². The summed E-state index contributed by atoms with van der Waals surface area (Å²) in [5.74, 6) is 0.0809. The Morgan fingerprint density at radius 1 is 0.833 bits per heavy atom. The van der Waals surface area contributed by atoms with Gasteiger partial charge in [-0.25, -0.2) is 5.01 Å². The molecule has 0 unspecified atom stereocenters. The van der Waals surface area contributed by atoms with Crippen LogP contribution in [0.1, 0.15) is 45.8 Å². The summed E-state index contributed by atoms with van der Waals surface area (Å²) in [6.07, 6.45) is 0.740. The predicted octanol–water partition coefficient (Wildman–Crippen LogP) is 5.11. The van der Waals surface area contributed by atoms with E-state index >= 15 is 0 Å². The number of benzene rings is 3. The van der Waals surface area contributed by atoms with Crippen LogP contribution in [0.5, 0.6) is 0 Å². The number of hydrogen-bond acceptors (Lipinski definition) is 4. The van der Waals surface area contributed by atoms with Gasteiger partial charge in [0.1, 0.15) is 0 Å². The summed E-state index contributed by atoms with van der Waals surface area (Å²) < 4.78 is 0. The minimum absolute atomic E-state index is 0.0626. The molecule has 1 saturated heterocycles. The van der Waals surface area contributed by atoms with Crippen LogP contribution < -0.4 is 0 Å². The number of amides is 1. The highest BCUT2D eigenvalue weighted by molar-refractivity contribution is 6.04. The highest BCUT2D eigenvalue weighted by atomic mass is 16.2. The average Bonchev–Trinajstić information content (AvgIpc) is 3.33. The van der Waals surface area contributed by atoms with Crippen molar-refractivity contribution in [2.45, 2.75) is 39.8 Å². The SMILES string of the molecule is Cc1ccc([C@H]2CC(c3cc(C)ccc3C)=NN2C(=O)CN2CCN(Cc3ccccc3)CC2)cc1. The zero-order valence-corrected chi connectivity index (χ0v) is 21.7. The van der Waals surface area contributed by atoms with E-state index in [0.29, 0.717) is 6.54 Å². The molecule has 2 aliphatic rings. The van der Waals surface area contributed by atoms with Crippen LogP contribution in [0.2, 0.25) is 0 Å². The molecule has 5 rings (SSSR count). The Balaban J connectivity index is 1.29. The number of aryl methyl sites for hydroxylation is 3. The summed E-state index contributed by atoms with van der Waals surface area (Å²) in [6.45, 7) is 11.4. The first-order valence-electron chi connectivity index (χ1n) is 13.0. The van der Waals surface area contributed by atoms with E-state index in [1.165, 1.54) is 22.3 Å². The second-order valence-electron chi connectivity index (χ2n) is 10.3. The van der Waals surface area contributed by atoms with Gasteiger partial charge in [0.2, 0.25) is 0 Å². The van der Waals surface area contributed by atoms with Crippen molar-refractivity contribution in [2.24, 2.45) is 5.10 Å². The Hall–Kier alpha value is -3.28. The fourth-order valence-corrected chi connectivity index (χ4v) is 5.21. The molecular weight excluding hydrogens is 444 g/mol. The quantitative estimate of drug-likeness (QED) is 0.492. The van der Waals surface area contributed by atoms with Crippen LogP contribution in [0.25, 0.3) is 0 Å². The number of carbonyl (C=O) groups excluding carboxylic acids is 1. The minimum Gasteiger partial charge on any atom is -0.297 e. The molecule has 2 aliphatic heterocycles. The van der Waals surface area contributed by atoms with Gasteiger partial charge in [0.05, 0.1) is 18.3 Å². The molecule has 0 aromatic heterocycles. The van der Waals surface area contributed by atoms with Crippen molar-refractivity contribution in [3.8, 4) is 0 Å².